The third-order valence-corrected chi connectivity index (χ3v) is 3.97. The summed E-state index contributed by atoms with van der Waals surface area (Å²) in [5.41, 5.74) is 7.07. The van der Waals surface area contributed by atoms with Crippen LogP contribution in [-0.4, -0.2) is 47.2 Å². The minimum Gasteiger partial charge on any atom is -0.396 e. The molecule has 3 N–H and O–H groups in total. The first-order valence-corrected chi connectivity index (χ1v) is 7.74. The highest BCUT2D eigenvalue weighted by Crippen LogP contribution is 2.15. The van der Waals surface area contributed by atoms with Crippen LogP contribution in [0.1, 0.15) is 25.5 Å². The van der Waals surface area contributed by atoms with Gasteiger partial charge < -0.3 is 15.7 Å². The number of likely N-dealkylation sites (tertiary alicyclic amines) is 1. The second-order valence-electron chi connectivity index (χ2n) is 5.97. The quantitative estimate of drug-likeness (QED) is 0.633. The number of nitrogens with zero attached hydrogens (tertiary/aromatic N) is 3. The number of aromatic nitrogens is 1. The standard InChI is InChI=1S/C16H26N4O/c1-13-5-4-8-20(11-13)16(17)19-10-14(12-21)9-15-6-2-3-7-18-15/h2-3,6-7,13-14,21H,4-5,8-12H2,1H3,(H2,17,19). The summed E-state index contributed by atoms with van der Waals surface area (Å²) in [6.07, 6.45) is 4.94. The molecule has 1 aliphatic rings. The van der Waals surface area contributed by atoms with E-state index in [4.69, 9.17) is 5.73 Å². The Kier molecular flexibility index (Phi) is 5.99. The molecule has 1 fully saturated rings. The van der Waals surface area contributed by atoms with Crippen molar-refractivity contribution in [3.05, 3.63) is 30.1 Å². The lowest BCUT2D eigenvalue weighted by Crippen LogP contribution is -2.43. The van der Waals surface area contributed by atoms with Crippen molar-refractivity contribution >= 4 is 5.96 Å². The van der Waals surface area contributed by atoms with Gasteiger partial charge in [-0.1, -0.05) is 13.0 Å². The highest BCUT2D eigenvalue weighted by Gasteiger charge is 2.18. The van der Waals surface area contributed by atoms with Gasteiger partial charge in [-0.15, -0.1) is 0 Å². The maximum atomic E-state index is 9.50. The number of guanidine groups is 1. The van der Waals surface area contributed by atoms with Crippen molar-refractivity contribution in [2.75, 3.05) is 26.2 Å². The molecule has 0 bridgehead atoms. The molecule has 2 unspecified atom stereocenters. The van der Waals surface area contributed by atoms with Gasteiger partial charge in [0.2, 0.25) is 0 Å². The third kappa shape index (κ3) is 5.01. The minimum atomic E-state index is 0.0701. The Balaban J connectivity index is 1.87. The third-order valence-electron chi connectivity index (χ3n) is 3.97. The molecule has 0 amide bonds. The van der Waals surface area contributed by atoms with Gasteiger partial charge in [-0.3, -0.25) is 9.98 Å². The molecule has 2 heterocycles. The van der Waals surface area contributed by atoms with Crippen molar-refractivity contribution in [3.8, 4) is 0 Å². The predicted molar refractivity (Wildman–Crippen MR) is 85.0 cm³/mol. The van der Waals surface area contributed by atoms with Crippen LogP contribution >= 0.6 is 0 Å². The molecular weight excluding hydrogens is 264 g/mol. The summed E-state index contributed by atoms with van der Waals surface area (Å²) in [6.45, 7) is 4.87. The molecule has 21 heavy (non-hydrogen) atoms. The van der Waals surface area contributed by atoms with E-state index in [0.29, 0.717) is 18.4 Å². The second-order valence-corrected chi connectivity index (χ2v) is 5.97. The molecule has 2 rings (SSSR count). The van der Waals surface area contributed by atoms with E-state index < -0.39 is 0 Å². The van der Waals surface area contributed by atoms with Crippen LogP contribution in [0.3, 0.4) is 0 Å². The summed E-state index contributed by atoms with van der Waals surface area (Å²) >= 11 is 0. The Morgan fingerprint density at radius 3 is 3.10 bits per heavy atom. The molecule has 0 aromatic carbocycles. The molecule has 2 atom stereocenters. The van der Waals surface area contributed by atoms with Crippen LogP contribution in [0.5, 0.6) is 0 Å². The van der Waals surface area contributed by atoms with Crippen LogP contribution in [0.15, 0.2) is 29.4 Å². The van der Waals surface area contributed by atoms with Gasteiger partial charge in [0.1, 0.15) is 0 Å². The molecular formula is C16H26N4O. The molecule has 0 saturated carbocycles. The van der Waals surface area contributed by atoms with Gasteiger partial charge in [0.05, 0.1) is 0 Å². The number of hydrogen-bond donors (Lipinski definition) is 2. The largest absolute Gasteiger partial charge is 0.396 e. The maximum Gasteiger partial charge on any atom is 0.191 e. The lowest BCUT2D eigenvalue weighted by atomic mass is 10.0. The average molecular weight is 290 g/mol. The van der Waals surface area contributed by atoms with Crippen LogP contribution in [0, 0.1) is 11.8 Å². The van der Waals surface area contributed by atoms with Crippen molar-refractivity contribution in [1.29, 1.82) is 0 Å². The minimum absolute atomic E-state index is 0.0701. The lowest BCUT2D eigenvalue weighted by Gasteiger charge is -2.31. The first kappa shape index (κ1) is 15.8. The van der Waals surface area contributed by atoms with Gasteiger partial charge in [-0.25, -0.2) is 0 Å². The predicted octanol–water partition coefficient (Wildman–Crippen LogP) is 1.28. The zero-order valence-electron chi connectivity index (χ0n) is 12.8. The van der Waals surface area contributed by atoms with E-state index in [2.05, 4.69) is 21.8 Å². The van der Waals surface area contributed by atoms with Crippen molar-refractivity contribution in [1.82, 2.24) is 9.88 Å². The first-order valence-electron chi connectivity index (χ1n) is 7.74. The molecule has 1 saturated heterocycles. The summed E-state index contributed by atoms with van der Waals surface area (Å²) < 4.78 is 0. The van der Waals surface area contributed by atoms with E-state index in [1.165, 1.54) is 12.8 Å². The number of aliphatic hydroxyl groups is 1. The van der Waals surface area contributed by atoms with E-state index in [9.17, 15) is 5.11 Å². The van der Waals surface area contributed by atoms with E-state index >= 15 is 0 Å². The van der Waals surface area contributed by atoms with E-state index in [-0.39, 0.29) is 12.5 Å². The van der Waals surface area contributed by atoms with Crippen LogP contribution < -0.4 is 5.73 Å². The van der Waals surface area contributed by atoms with Crippen LogP contribution in [0.4, 0.5) is 0 Å². The number of aliphatic hydroxyl groups excluding tert-OH is 1. The summed E-state index contributed by atoms with van der Waals surface area (Å²) in [4.78, 5) is 10.9. The topological polar surface area (TPSA) is 74.7 Å². The molecule has 0 radical (unpaired) electrons. The smallest absolute Gasteiger partial charge is 0.191 e. The number of hydrogen-bond acceptors (Lipinski definition) is 3. The monoisotopic (exact) mass is 290 g/mol. The van der Waals surface area contributed by atoms with Gasteiger partial charge >= 0.3 is 0 Å². The normalized spacial score (nSPS) is 21.3. The molecule has 5 heteroatoms. The highest BCUT2D eigenvalue weighted by molar-refractivity contribution is 5.78. The molecule has 1 aromatic rings. The van der Waals surface area contributed by atoms with Crippen molar-refractivity contribution in [2.45, 2.75) is 26.2 Å². The summed E-state index contributed by atoms with van der Waals surface area (Å²) in [7, 11) is 0. The van der Waals surface area contributed by atoms with E-state index in [1.54, 1.807) is 6.20 Å². The van der Waals surface area contributed by atoms with Gasteiger partial charge in [0.15, 0.2) is 5.96 Å². The maximum absolute atomic E-state index is 9.50. The Morgan fingerprint density at radius 2 is 2.43 bits per heavy atom. The number of pyridine rings is 1. The molecule has 1 aromatic heterocycles. The zero-order valence-corrected chi connectivity index (χ0v) is 12.8. The van der Waals surface area contributed by atoms with Crippen molar-refractivity contribution < 1.29 is 5.11 Å². The Labute approximate surface area is 126 Å². The number of aliphatic imine (C=N–C) groups is 1. The fraction of sp³-hybridized carbons (Fsp3) is 0.625. The van der Waals surface area contributed by atoms with Gasteiger partial charge in [0.25, 0.3) is 0 Å². The zero-order chi connectivity index (χ0) is 15.1. The summed E-state index contributed by atoms with van der Waals surface area (Å²) in [5, 5.41) is 9.50. The van der Waals surface area contributed by atoms with Gasteiger partial charge in [-0.2, -0.15) is 0 Å². The number of nitrogens with two attached hydrogens (primary N) is 1. The van der Waals surface area contributed by atoms with E-state index in [1.807, 2.05) is 18.2 Å². The van der Waals surface area contributed by atoms with Gasteiger partial charge in [-0.05, 0) is 37.3 Å². The Bertz CT molecular complexity index is 449. The van der Waals surface area contributed by atoms with Crippen LogP contribution in [-0.2, 0) is 6.42 Å². The highest BCUT2D eigenvalue weighted by atomic mass is 16.3. The SMILES string of the molecule is CC1CCCN(C(N)=NCC(CO)Cc2ccccn2)C1. The van der Waals surface area contributed by atoms with Crippen molar-refractivity contribution in [2.24, 2.45) is 22.6 Å². The lowest BCUT2D eigenvalue weighted by molar-refractivity contribution is 0.227. The molecule has 0 aliphatic carbocycles. The first-order chi connectivity index (χ1) is 10.2. The van der Waals surface area contributed by atoms with E-state index in [0.717, 1.165) is 25.2 Å². The number of rotatable bonds is 5. The average Bonchev–Trinajstić information content (AvgIpc) is 2.52. The molecule has 116 valence electrons. The number of piperidine rings is 1. The fourth-order valence-electron chi connectivity index (χ4n) is 2.72. The molecule has 0 spiro atoms. The van der Waals surface area contributed by atoms with Gasteiger partial charge in [0, 0.05) is 44.0 Å². The summed E-state index contributed by atoms with van der Waals surface area (Å²) in [6, 6.07) is 5.83. The van der Waals surface area contributed by atoms with Crippen LogP contribution in [0.2, 0.25) is 0 Å². The second kappa shape index (κ2) is 7.98. The fourth-order valence-corrected chi connectivity index (χ4v) is 2.72. The van der Waals surface area contributed by atoms with Crippen molar-refractivity contribution in [3.63, 3.8) is 0 Å². The van der Waals surface area contributed by atoms with Crippen LogP contribution in [0.25, 0.3) is 0 Å². The summed E-state index contributed by atoms with van der Waals surface area (Å²) in [5.74, 6) is 1.36. The molecule has 5 nitrogen and oxygen atoms in total. The Hall–Kier alpha value is -1.62. The Morgan fingerprint density at radius 1 is 1.57 bits per heavy atom. The molecule has 1 aliphatic heterocycles.